The molecule has 58 valence electrons. The second kappa shape index (κ2) is 2.70. The zero-order chi connectivity index (χ0) is 7.61. The van der Waals surface area contributed by atoms with Crippen LogP contribution in [-0.2, 0) is 9.84 Å². The van der Waals surface area contributed by atoms with Gasteiger partial charge in [0, 0.05) is 0 Å². The van der Waals surface area contributed by atoms with Crippen molar-refractivity contribution in [1.82, 2.24) is 0 Å². The van der Waals surface area contributed by atoms with Gasteiger partial charge in [-0.25, -0.2) is 8.42 Å². The molecule has 1 rings (SSSR count). The van der Waals surface area contributed by atoms with Crippen LogP contribution in [0, 0.1) is 0 Å². The molecule has 0 N–H and O–H groups in total. The van der Waals surface area contributed by atoms with Gasteiger partial charge in [0.25, 0.3) is 0 Å². The summed E-state index contributed by atoms with van der Waals surface area (Å²) in [6.45, 7) is 1.81. The summed E-state index contributed by atoms with van der Waals surface area (Å²) in [5, 5.41) is 0. The Balaban J connectivity index is 2.60. The van der Waals surface area contributed by atoms with Crippen molar-refractivity contribution in [3.63, 3.8) is 0 Å². The molecule has 0 radical (unpaired) electrons. The molecule has 0 aromatic heterocycles. The molecular formula is C6H11NO2S. The van der Waals surface area contributed by atoms with E-state index in [-0.39, 0.29) is 11.8 Å². The minimum absolute atomic E-state index is 0.0370. The smallest absolute Gasteiger partial charge is 0.152 e. The van der Waals surface area contributed by atoms with Gasteiger partial charge in [0.2, 0.25) is 0 Å². The lowest BCUT2D eigenvalue weighted by molar-refractivity contribution is 0.601. The van der Waals surface area contributed by atoms with Gasteiger partial charge in [-0.3, -0.25) is 4.99 Å². The molecule has 0 saturated carbocycles. The van der Waals surface area contributed by atoms with E-state index in [9.17, 15) is 8.42 Å². The van der Waals surface area contributed by atoms with Crippen molar-refractivity contribution in [3.05, 3.63) is 0 Å². The van der Waals surface area contributed by atoms with Gasteiger partial charge in [-0.05, 0) is 19.6 Å². The standard InChI is InChI=1S/C6H11NO2S/c1-2-7-6-3-4-10(8,9)5-6/h2,6H,3-5H2,1H3/t6-/m1/s1. The highest BCUT2D eigenvalue weighted by Gasteiger charge is 2.26. The van der Waals surface area contributed by atoms with Gasteiger partial charge in [0.1, 0.15) is 0 Å². The second-order valence-electron chi connectivity index (χ2n) is 2.46. The van der Waals surface area contributed by atoms with Gasteiger partial charge in [-0.15, -0.1) is 0 Å². The van der Waals surface area contributed by atoms with E-state index in [4.69, 9.17) is 0 Å². The summed E-state index contributed by atoms with van der Waals surface area (Å²) in [4.78, 5) is 4.02. The summed E-state index contributed by atoms with van der Waals surface area (Å²) in [6.07, 6.45) is 2.37. The van der Waals surface area contributed by atoms with Crippen LogP contribution < -0.4 is 0 Å². The van der Waals surface area contributed by atoms with Crippen molar-refractivity contribution in [2.24, 2.45) is 4.99 Å². The molecule has 1 heterocycles. The number of nitrogens with zero attached hydrogens (tertiary/aromatic N) is 1. The number of hydrogen-bond acceptors (Lipinski definition) is 3. The van der Waals surface area contributed by atoms with Gasteiger partial charge < -0.3 is 0 Å². The first-order chi connectivity index (χ1) is 4.64. The minimum atomic E-state index is -2.73. The Morgan fingerprint density at radius 3 is 2.70 bits per heavy atom. The fourth-order valence-corrected chi connectivity index (χ4v) is 2.74. The Morgan fingerprint density at radius 2 is 2.30 bits per heavy atom. The highest BCUT2D eigenvalue weighted by atomic mass is 32.2. The van der Waals surface area contributed by atoms with Gasteiger partial charge in [0.15, 0.2) is 9.84 Å². The molecule has 0 spiro atoms. The van der Waals surface area contributed by atoms with Crippen LogP contribution in [0.2, 0.25) is 0 Å². The SMILES string of the molecule is CC=N[C@@H]1CCS(=O)(=O)C1. The fourth-order valence-electron chi connectivity index (χ4n) is 1.10. The normalized spacial score (nSPS) is 31.5. The van der Waals surface area contributed by atoms with Crippen LogP contribution in [0.3, 0.4) is 0 Å². The summed E-state index contributed by atoms with van der Waals surface area (Å²) < 4.78 is 21.7. The van der Waals surface area contributed by atoms with E-state index in [0.717, 1.165) is 0 Å². The predicted octanol–water partition coefficient (Wildman–Crippen LogP) is 0.264. The first-order valence-corrected chi connectivity index (χ1v) is 5.14. The Morgan fingerprint density at radius 1 is 1.60 bits per heavy atom. The summed E-state index contributed by atoms with van der Waals surface area (Å²) in [7, 11) is -2.73. The summed E-state index contributed by atoms with van der Waals surface area (Å²) in [5.74, 6) is 0.562. The molecule has 0 bridgehead atoms. The second-order valence-corrected chi connectivity index (χ2v) is 4.69. The third kappa shape index (κ3) is 1.80. The van der Waals surface area contributed by atoms with E-state index >= 15 is 0 Å². The zero-order valence-corrected chi connectivity index (χ0v) is 6.76. The summed E-state index contributed by atoms with van der Waals surface area (Å²) in [6, 6.07) is 0.0370. The molecule has 1 aliphatic heterocycles. The highest BCUT2D eigenvalue weighted by Crippen LogP contribution is 2.13. The molecule has 0 aromatic rings. The maximum atomic E-state index is 10.8. The molecule has 0 unspecified atom stereocenters. The van der Waals surface area contributed by atoms with Crippen LogP contribution in [0.25, 0.3) is 0 Å². The van der Waals surface area contributed by atoms with Crippen molar-refractivity contribution >= 4 is 16.1 Å². The third-order valence-electron chi connectivity index (χ3n) is 1.57. The molecule has 10 heavy (non-hydrogen) atoms. The van der Waals surface area contributed by atoms with E-state index in [0.29, 0.717) is 12.2 Å². The Labute approximate surface area is 61.1 Å². The van der Waals surface area contributed by atoms with Crippen LogP contribution in [0.4, 0.5) is 0 Å². The monoisotopic (exact) mass is 161 g/mol. The van der Waals surface area contributed by atoms with Gasteiger partial charge in [0.05, 0.1) is 17.5 Å². The largest absolute Gasteiger partial charge is 0.293 e. The van der Waals surface area contributed by atoms with E-state index < -0.39 is 9.84 Å². The summed E-state index contributed by atoms with van der Waals surface area (Å²) >= 11 is 0. The van der Waals surface area contributed by atoms with E-state index in [1.807, 2.05) is 6.92 Å². The molecule has 3 nitrogen and oxygen atoms in total. The van der Waals surface area contributed by atoms with E-state index in [2.05, 4.69) is 4.99 Å². The van der Waals surface area contributed by atoms with E-state index in [1.54, 1.807) is 6.21 Å². The fraction of sp³-hybridized carbons (Fsp3) is 0.833. The van der Waals surface area contributed by atoms with Gasteiger partial charge in [-0.2, -0.15) is 0 Å². The lowest BCUT2D eigenvalue weighted by atomic mass is 10.3. The van der Waals surface area contributed by atoms with Gasteiger partial charge in [-0.1, -0.05) is 0 Å². The number of rotatable bonds is 1. The number of hydrogen-bond donors (Lipinski definition) is 0. The molecule has 0 aliphatic carbocycles. The molecule has 1 saturated heterocycles. The first-order valence-electron chi connectivity index (χ1n) is 3.32. The van der Waals surface area contributed by atoms with Crippen molar-refractivity contribution < 1.29 is 8.42 Å². The quantitative estimate of drug-likeness (QED) is 0.518. The Bertz CT molecular complexity index is 230. The molecule has 0 aromatic carbocycles. The topological polar surface area (TPSA) is 46.5 Å². The molecule has 0 amide bonds. The lowest BCUT2D eigenvalue weighted by Crippen LogP contribution is -2.07. The average molecular weight is 161 g/mol. The summed E-state index contributed by atoms with van der Waals surface area (Å²) in [5.41, 5.74) is 0. The lowest BCUT2D eigenvalue weighted by Gasteiger charge is -1.95. The third-order valence-corrected chi connectivity index (χ3v) is 3.32. The maximum absolute atomic E-state index is 10.8. The van der Waals surface area contributed by atoms with Crippen molar-refractivity contribution in [2.75, 3.05) is 11.5 Å². The van der Waals surface area contributed by atoms with Crippen LogP contribution >= 0.6 is 0 Å². The van der Waals surface area contributed by atoms with E-state index in [1.165, 1.54) is 0 Å². The highest BCUT2D eigenvalue weighted by molar-refractivity contribution is 7.91. The molecule has 1 fully saturated rings. The van der Waals surface area contributed by atoms with Crippen LogP contribution in [0.15, 0.2) is 4.99 Å². The van der Waals surface area contributed by atoms with Crippen LogP contribution in [-0.4, -0.2) is 32.2 Å². The molecule has 1 aliphatic rings. The molecule has 4 heteroatoms. The number of sulfone groups is 1. The van der Waals surface area contributed by atoms with Crippen LogP contribution in [0.5, 0.6) is 0 Å². The van der Waals surface area contributed by atoms with Gasteiger partial charge >= 0.3 is 0 Å². The zero-order valence-electron chi connectivity index (χ0n) is 5.95. The van der Waals surface area contributed by atoms with Crippen molar-refractivity contribution in [3.8, 4) is 0 Å². The molecular weight excluding hydrogens is 150 g/mol. The Hall–Kier alpha value is -0.380. The number of aliphatic imine (C=N–C) groups is 1. The first kappa shape index (κ1) is 7.72. The average Bonchev–Trinajstić information content (AvgIpc) is 2.12. The maximum Gasteiger partial charge on any atom is 0.152 e. The Kier molecular flexibility index (Phi) is 2.08. The minimum Gasteiger partial charge on any atom is -0.293 e. The van der Waals surface area contributed by atoms with Crippen molar-refractivity contribution in [2.45, 2.75) is 19.4 Å². The van der Waals surface area contributed by atoms with Crippen LogP contribution in [0.1, 0.15) is 13.3 Å². The predicted molar refractivity (Wildman–Crippen MR) is 41.2 cm³/mol. The molecule has 1 atom stereocenters. The van der Waals surface area contributed by atoms with Crippen molar-refractivity contribution in [1.29, 1.82) is 0 Å².